The van der Waals surface area contributed by atoms with Crippen molar-refractivity contribution in [3.63, 3.8) is 0 Å². The topological polar surface area (TPSA) is 86.7 Å². The first-order chi connectivity index (χ1) is 12.9. The van der Waals surface area contributed by atoms with Gasteiger partial charge >= 0.3 is 11.9 Å². The molecule has 0 radical (unpaired) electrons. The highest BCUT2D eigenvalue weighted by molar-refractivity contribution is 9.09. The third kappa shape index (κ3) is 15.1. The van der Waals surface area contributed by atoms with Gasteiger partial charge in [-0.25, -0.2) is 0 Å². The van der Waals surface area contributed by atoms with E-state index in [2.05, 4.69) is 20.7 Å². The van der Waals surface area contributed by atoms with Crippen LogP contribution in [0.15, 0.2) is 0 Å². The van der Waals surface area contributed by atoms with Crippen LogP contribution in [0.1, 0.15) is 52.4 Å². The van der Waals surface area contributed by atoms with Crippen LogP contribution in [0.2, 0.25) is 0 Å². The lowest BCUT2D eigenvalue weighted by Gasteiger charge is -2.05. The molecule has 2 rings (SSSR count). The third-order valence-electron chi connectivity index (χ3n) is 3.44. The largest absolute Gasteiger partial charge is 0.466 e. The van der Waals surface area contributed by atoms with E-state index in [9.17, 15) is 19.2 Å². The average molecular weight is 485 g/mol. The van der Waals surface area contributed by atoms with E-state index in [1.54, 1.807) is 13.8 Å². The summed E-state index contributed by atoms with van der Waals surface area (Å²) in [4.78, 5) is 42.7. The fourth-order valence-corrected chi connectivity index (χ4v) is 4.31. The molecule has 1 atom stereocenters. The minimum Gasteiger partial charge on any atom is -0.466 e. The second-order valence-corrected chi connectivity index (χ2v) is 8.61. The number of hydrogen-bond acceptors (Lipinski definition) is 8. The Morgan fingerprint density at radius 2 is 1.67 bits per heavy atom. The highest BCUT2D eigenvalue weighted by atomic mass is 79.9. The molecule has 9 heteroatoms. The van der Waals surface area contributed by atoms with E-state index in [-0.39, 0.29) is 23.0 Å². The van der Waals surface area contributed by atoms with Crippen LogP contribution in [0, 0.1) is 5.92 Å². The van der Waals surface area contributed by atoms with E-state index in [1.165, 1.54) is 23.5 Å². The van der Waals surface area contributed by atoms with Gasteiger partial charge in [0.2, 0.25) is 0 Å². The molecule has 6 nitrogen and oxygen atoms in total. The Balaban J connectivity index is 0.000000412. The molecule has 2 aliphatic heterocycles. The summed E-state index contributed by atoms with van der Waals surface area (Å²) < 4.78 is 9.39. The van der Waals surface area contributed by atoms with Crippen LogP contribution in [0.4, 0.5) is 0 Å². The van der Waals surface area contributed by atoms with Crippen molar-refractivity contribution in [3.05, 3.63) is 0 Å². The van der Waals surface area contributed by atoms with Gasteiger partial charge in [0.15, 0.2) is 10.2 Å². The molecule has 156 valence electrons. The van der Waals surface area contributed by atoms with Gasteiger partial charge in [-0.1, -0.05) is 39.5 Å². The monoisotopic (exact) mass is 484 g/mol. The Morgan fingerprint density at radius 1 is 1.04 bits per heavy atom. The minimum atomic E-state index is -0.188. The van der Waals surface area contributed by atoms with E-state index in [4.69, 9.17) is 4.74 Å². The molecule has 0 aromatic carbocycles. The Bertz CT molecular complexity index is 457. The summed E-state index contributed by atoms with van der Waals surface area (Å²) in [6, 6.07) is 0. The van der Waals surface area contributed by atoms with Gasteiger partial charge < -0.3 is 9.47 Å². The van der Waals surface area contributed by atoms with Gasteiger partial charge in [-0.05, 0) is 33.1 Å². The third-order valence-corrected chi connectivity index (χ3v) is 5.91. The molecular weight excluding hydrogens is 456 g/mol. The lowest BCUT2D eigenvalue weighted by Crippen LogP contribution is -2.10. The number of carbonyl (C=O) groups excluding carboxylic acids is 4. The van der Waals surface area contributed by atoms with Gasteiger partial charge in [0.25, 0.3) is 0 Å². The predicted molar refractivity (Wildman–Crippen MR) is 113 cm³/mol. The Hall–Kier alpha value is -0.540. The second kappa shape index (κ2) is 17.6. The van der Waals surface area contributed by atoms with Gasteiger partial charge in [0.05, 0.1) is 19.6 Å². The van der Waals surface area contributed by atoms with E-state index < -0.39 is 0 Å². The molecule has 1 unspecified atom stereocenters. The number of esters is 2. The molecule has 27 heavy (non-hydrogen) atoms. The van der Waals surface area contributed by atoms with Gasteiger partial charge in [-0.2, -0.15) is 0 Å². The second-order valence-electron chi connectivity index (χ2n) is 5.56. The molecule has 2 heterocycles. The fraction of sp³-hybridized carbons (Fsp3) is 0.778. The lowest BCUT2D eigenvalue weighted by atomic mass is 10.0. The standard InChI is InChI=1S/C9H14O3S.C5H9BrO2.C4H6OS/c1-2-12-8(10)4-3-7-5-6-13-9(7)11;1-2-8-5(7)3-4-6;5-4-2-1-3-6-4/h7H,2-6H2,1H3;2-4H2,1H3;1-3H2. The number of alkyl halides is 1. The molecule has 0 bridgehead atoms. The average Bonchev–Trinajstić information content (AvgIpc) is 3.26. The van der Waals surface area contributed by atoms with Crippen LogP contribution in [0.3, 0.4) is 0 Å². The lowest BCUT2D eigenvalue weighted by molar-refractivity contribution is -0.144. The molecule has 0 aliphatic carbocycles. The molecule has 0 aromatic rings. The first kappa shape index (κ1) is 26.5. The maximum Gasteiger partial charge on any atom is 0.306 e. The Morgan fingerprint density at radius 3 is 2.04 bits per heavy atom. The van der Waals surface area contributed by atoms with E-state index in [1.807, 2.05) is 0 Å². The van der Waals surface area contributed by atoms with Crippen molar-refractivity contribution in [2.75, 3.05) is 30.0 Å². The molecular formula is C18H29BrO6S2. The number of carbonyl (C=O) groups is 4. The zero-order chi connectivity index (χ0) is 20.5. The van der Waals surface area contributed by atoms with Crippen LogP contribution in [0.5, 0.6) is 0 Å². The van der Waals surface area contributed by atoms with Crippen molar-refractivity contribution < 1.29 is 28.7 Å². The van der Waals surface area contributed by atoms with Gasteiger partial charge in [-0.15, -0.1) is 0 Å². The number of halogens is 1. The van der Waals surface area contributed by atoms with Crippen molar-refractivity contribution in [3.8, 4) is 0 Å². The molecule has 2 saturated heterocycles. The highest BCUT2D eigenvalue weighted by Gasteiger charge is 2.25. The number of hydrogen-bond donors (Lipinski definition) is 0. The summed E-state index contributed by atoms with van der Waals surface area (Å²) in [6.07, 6.45) is 4.33. The van der Waals surface area contributed by atoms with Crippen molar-refractivity contribution in [2.45, 2.75) is 52.4 Å². The zero-order valence-electron chi connectivity index (χ0n) is 16.0. The predicted octanol–water partition coefficient (Wildman–Crippen LogP) is 3.98. The summed E-state index contributed by atoms with van der Waals surface area (Å²) in [5.74, 6) is 1.73. The molecule has 0 spiro atoms. The molecule has 0 aromatic heterocycles. The summed E-state index contributed by atoms with van der Waals surface area (Å²) in [7, 11) is 0. The van der Waals surface area contributed by atoms with Crippen molar-refractivity contribution in [1.82, 2.24) is 0 Å². The SMILES string of the molecule is CCOC(=O)CCBr.CCOC(=O)CCC1CCSC1=O.O=C1CCCS1. The zero-order valence-corrected chi connectivity index (χ0v) is 19.2. The van der Waals surface area contributed by atoms with Crippen LogP contribution in [0.25, 0.3) is 0 Å². The van der Waals surface area contributed by atoms with Crippen LogP contribution < -0.4 is 0 Å². The quantitative estimate of drug-likeness (QED) is 0.395. The maximum atomic E-state index is 11.2. The maximum absolute atomic E-state index is 11.2. The van der Waals surface area contributed by atoms with E-state index in [0.29, 0.717) is 42.9 Å². The van der Waals surface area contributed by atoms with Gasteiger partial charge in [0.1, 0.15) is 0 Å². The summed E-state index contributed by atoms with van der Waals surface area (Å²) in [6.45, 7) is 4.48. The van der Waals surface area contributed by atoms with Crippen molar-refractivity contribution in [2.24, 2.45) is 5.92 Å². The molecule has 0 N–H and O–H groups in total. The minimum absolute atomic E-state index is 0.0920. The summed E-state index contributed by atoms with van der Waals surface area (Å²) in [5.41, 5.74) is 0. The van der Waals surface area contributed by atoms with E-state index in [0.717, 1.165) is 30.8 Å². The Labute approximate surface area is 178 Å². The van der Waals surface area contributed by atoms with Crippen LogP contribution >= 0.6 is 39.5 Å². The number of ether oxygens (including phenoxy) is 2. The Kier molecular flexibility index (Phi) is 17.2. The summed E-state index contributed by atoms with van der Waals surface area (Å²) in [5, 5.41) is 1.30. The van der Waals surface area contributed by atoms with Crippen LogP contribution in [-0.2, 0) is 28.7 Å². The number of rotatable bonds is 7. The van der Waals surface area contributed by atoms with Crippen LogP contribution in [-0.4, -0.2) is 52.2 Å². The number of thioether (sulfide) groups is 2. The highest BCUT2D eigenvalue weighted by Crippen LogP contribution is 2.28. The first-order valence-corrected chi connectivity index (χ1v) is 12.2. The summed E-state index contributed by atoms with van der Waals surface area (Å²) >= 11 is 5.96. The molecule has 2 aliphatic rings. The van der Waals surface area contributed by atoms with Gasteiger partial charge in [0, 0.05) is 35.6 Å². The van der Waals surface area contributed by atoms with Gasteiger partial charge in [-0.3, -0.25) is 19.2 Å². The molecule has 2 fully saturated rings. The normalized spacial score (nSPS) is 18.1. The first-order valence-electron chi connectivity index (χ1n) is 9.14. The van der Waals surface area contributed by atoms with Crippen molar-refractivity contribution >= 4 is 61.6 Å². The smallest absolute Gasteiger partial charge is 0.306 e. The van der Waals surface area contributed by atoms with Crippen molar-refractivity contribution in [1.29, 1.82) is 0 Å². The fourth-order valence-electron chi connectivity index (χ4n) is 2.11. The molecule has 0 amide bonds. The molecule has 0 saturated carbocycles. The van der Waals surface area contributed by atoms with E-state index >= 15 is 0 Å².